The summed E-state index contributed by atoms with van der Waals surface area (Å²) in [6.07, 6.45) is 4.00. The number of hydrogen-bond donors (Lipinski definition) is 3. The molecule has 1 aliphatic rings. The quantitative estimate of drug-likeness (QED) is 0.647. The molecule has 0 aromatic heterocycles. The van der Waals surface area contributed by atoms with E-state index < -0.39 is 0 Å². The van der Waals surface area contributed by atoms with E-state index in [9.17, 15) is 4.79 Å². The number of aliphatic hydroxyl groups is 1. The lowest BCUT2D eigenvalue weighted by Crippen LogP contribution is -2.51. The van der Waals surface area contributed by atoms with Gasteiger partial charge in [0, 0.05) is 0 Å². The summed E-state index contributed by atoms with van der Waals surface area (Å²) in [6, 6.07) is -0.171. The predicted octanol–water partition coefficient (Wildman–Crippen LogP) is 0.652. The van der Waals surface area contributed by atoms with Crippen LogP contribution in [-0.4, -0.2) is 36.2 Å². The number of hydrogen-bond acceptors (Lipinski definition) is 3. The molecule has 0 radical (unpaired) electrons. The largest absolute Gasteiger partial charge is 0.394 e. The molecule has 1 heterocycles. The van der Waals surface area contributed by atoms with E-state index in [1.165, 1.54) is 0 Å². The number of rotatable bonds is 5. The molecule has 0 aromatic rings. The van der Waals surface area contributed by atoms with Crippen molar-refractivity contribution in [3.05, 3.63) is 0 Å². The van der Waals surface area contributed by atoms with Gasteiger partial charge in [-0.1, -0.05) is 20.3 Å². The standard InChI is InChI=1S/C12H24N2O2/c1-3-9-5-6-13-11(7-9)12(16)14-10(4-2)8-15/h9-11,13,15H,3-8H2,1-2H3,(H,14,16)/t9?,10-,11?/m1/s1. The molecule has 3 atom stereocenters. The Labute approximate surface area is 97.8 Å². The Kier molecular flexibility index (Phi) is 5.77. The van der Waals surface area contributed by atoms with Crippen LogP contribution in [0.5, 0.6) is 0 Å². The smallest absolute Gasteiger partial charge is 0.237 e. The Hall–Kier alpha value is -0.610. The highest BCUT2D eigenvalue weighted by Crippen LogP contribution is 2.19. The summed E-state index contributed by atoms with van der Waals surface area (Å²) in [7, 11) is 0. The molecule has 1 rings (SSSR count). The molecule has 4 heteroatoms. The molecule has 1 fully saturated rings. The minimum atomic E-state index is -0.101. The molecule has 0 spiro atoms. The monoisotopic (exact) mass is 228 g/mol. The lowest BCUT2D eigenvalue weighted by molar-refractivity contribution is -0.125. The van der Waals surface area contributed by atoms with Crippen LogP contribution < -0.4 is 10.6 Å². The molecule has 16 heavy (non-hydrogen) atoms. The first-order valence-corrected chi connectivity index (χ1v) is 6.35. The first kappa shape index (κ1) is 13.5. The highest BCUT2D eigenvalue weighted by Gasteiger charge is 2.26. The van der Waals surface area contributed by atoms with Crippen molar-refractivity contribution in [2.24, 2.45) is 5.92 Å². The van der Waals surface area contributed by atoms with Crippen molar-refractivity contribution in [1.29, 1.82) is 0 Å². The van der Waals surface area contributed by atoms with E-state index >= 15 is 0 Å². The molecule has 0 saturated carbocycles. The molecular weight excluding hydrogens is 204 g/mol. The third-order valence-electron chi connectivity index (χ3n) is 3.47. The van der Waals surface area contributed by atoms with Gasteiger partial charge in [0.2, 0.25) is 5.91 Å². The van der Waals surface area contributed by atoms with Crippen molar-refractivity contribution in [2.45, 2.75) is 51.6 Å². The van der Waals surface area contributed by atoms with Gasteiger partial charge < -0.3 is 15.7 Å². The van der Waals surface area contributed by atoms with Crippen molar-refractivity contribution in [1.82, 2.24) is 10.6 Å². The second-order valence-corrected chi connectivity index (χ2v) is 4.60. The zero-order valence-corrected chi connectivity index (χ0v) is 10.3. The average molecular weight is 228 g/mol. The van der Waals surface area contributed by atoms with E-state index in [4.69, 9.17) is 5.11 Å². The Morgan fingerprint density at radius 3 is 2.88 bits per heavy atom. The summed E-state index contributed by atoms with van der Waals surface area (Å²) in [5.74, 6) is 0.699. The van der Waals surface area contributed by atoms with Crippen molar-refractivity contribution in [3.8, 4) is 0 Å². The molecule has 0 aromatic carbocycles. The average Bonchev–Trinajstić information content (AvgIpc) is 2.35. The molecular formula is C12H24N2O2. The molecule has 1 saturated heterocycles. The molecule has 4 nitrogen and oxygen atoms in total. The van der Waals surface area contributed by atoms with E-state index in [2.05, 4.69) is 17.6 Å². The summed E-state index contributed by atoms with van der Waals surface area (Å²) in [5.41, 5.74) is 0. The fraction of sp³-hybridized carbons (Fsp3) is 0.917. The maximum atomic E-state index is 11.9. The predicted molar refractivity (Wildman–Crippen MR) is 64.1 cm³/mol. The van der Waals surface area contributed by atoms with Crippen molar-refractivity contribution in [2.75, 3.05) is 13.2 Å². The second kappa shape index (κ2) is 6.86. The van der Waals surface area contributed by atoms with Crippen LogP contribution in [0.4, 0.5) is 0 Å². The Bertz CT molecular complexity index is 217. The van der Waals surface area contributed by atoms with Gasteiger partial charge in [-0.3, -0.25) is 4.79 Å². The first-order chi connectivity index (χ1) is 7.71. The van der Waals surface area contributed by atoms with Crippen LogP contribution >= 0.6 is 0 Å². The summed E-state index contributed by atoms with van der Waals surface area (Å²) in [6.45, 7) is 5.08. The van der Waals surface area contributed by atoms with Crippen molar-refractivity contribution < 1.29 is 9.90 Å². The number of aliphatic hydroxyl groups excluding tert-OH is 1. The Morgan fingerprint density at radius 1 is 1.56 bits per heavy atom. The van der Waals surface area contributed by atoms with E-state index in [0.717, 1.165) is 32.2 Å². The number of carbonyl (C=O) groups is 1. The normalized spacial score (nSPS) is 27.4. The molecule has 3 N–H and O–H groups in total. The summed E-state index contributed by atoms with van der Waals surface area (Å²) in [4.78, 5) is 11.9. The fourth-order valence-electron chi connectivity index (χ4n) is 2.15. The number of amides is 1. The number of carbonyl (C=O) groups excluding carboxylic acids is 1. The number of piperidine rings is 1. The molecule has 0 bridgehead atoms. The molecule has 1 amide bonds. The fourth-order valence-corrected chi connectivity index (χ4v) is 2.15. The van der Waals surface area contributed by atoms with E-state index in [-0.39, 0.29) is 24.6 Å². The lowest BCUT2D eigenvalue weighted by atomic mass is 9.90. The van der Waals surface area contributed by atoms with Gasteiger partial charge in [-0.2, -0.15) is 0 Å². The van der Waals surface area contributed by atoms with Crippen LogP contribution in [-0.2, 0) is 4.79 Å². The molecule has 94 valence electrons. The van der Waals surface area contributed by atoms with Gasteiger partial charge in [0.1, 0.15) is 0 Å². The third-order valence-corrected chi connectivity index (χ3v) is 3.47. The maximum Gasteiger partial charge on any atom is 0.237 e. The van der Waals surface area contributed by atoms with Crippen LogP contribution in [0.3, 0.4) is 0 Å². The van der Waals surface area contributed by atoms with Gasteiger partial charge in [-0.25, -0.2) is 0 Å². The van der Waals surface area contributed by atoms with Gasteiger partial charge in [-0.15, -0.1) is 0 Å². The number of nitrogens with one attached hydrogen (secondary N) is 2. The van der Waals surface area contributed by atoms with Crippen LogP contribution in [0.2, 0.25) is 0 Å². The summed E-state index contributed by atoms with van der Waals surface area (Å²) in [5, 5.41) is 15.2. The van der Waals surface area contributed by atoms with Crippen LogP contribution in [0.15, 0.2) is 0 Å². The summed E-state index contributed by atoms with van der Waals surface area (Å²) >= 11 is 0. The van der Waals surface area contributed by atoms with Crippen LogP contribution in [0.1, 0.15) is 39.5 Å². The molecule has 0 aliphatic carbocycles. The van der Waals surface area contributed by atoms with Crippen LogP contribution in [0, 0.1) is 5.92 Å². The molecule has 2 unspecified atom stereocenters. The molecule has 1 aliphatic heterocycles. The van der Waals surface area contributed by atoms with Crippen molar-refractivity contribution >= 4 is 5.91 Å². The van der Waals surface area contributed by atoms with E-state index in [0.29, 0.717) is 5.92 Å². The lowest BCUT2D eigenvalue weighted by Gasteiger charge is -2.29. The third kappa shape index (κ3) is 3.76. The topological polar surface area (TPSA) is 61.4 Å². The second-order valence-electron chi connectivity index (χ2n) is 4.60. The van der Waals surface area contributed by atoms with Crippen LogP contribution in [0.25, 0.3) is 0 Å². The Morgan fingerprint density at radius 2 is 2.31 bits per heavy atom. The SMILES string of the molecule is CCC1CCNC(C(=O)N[C@H](CC)CO)C1. The minimum absolute atomic E-state index is 0.0200. The zero-order chi connectivity index (χ0) is 12.0. The van der Waals surface area contributed by atoms with Gasteiger partial charge in [-0.05, 0) is 31.7 Å². The maximum absolute atomic E-state index is 11.9. The van der Waals surface area contributed by atoms with Gasteiger partial charge in [0.25, 0.3) is 0 Å². The van der Waals surface area contributed by atoms with Gasteiger partial charge in [0.05, 0.1) is 18.7 Å². The van der Waals surface area contributed by atoms with Gasteiger partial charge in [0.15, 0.2) is 0 Å². The zero-order valence-electron chi connectivity index (χ0n) is 10.3. The first-order valence-electron chi connectivity index (χ1n) is 6.35. The minimum Gasteiger partial charge on any atom is -0.394 e. The highest BCUT2D eigenvalue weighted by atomic mass is 16.3. The van der Waals surface area contributed by atoms with Gasteiger partial charge >= 0.3 is 0 Å². The Balaban J connectivity index is 2.40. The van der Waals surface area contributed by atoms with E-state index in [1.54, 1.807) is 0 Å². The highest BCUT2D eigenvalue weighted by molar-refractivity contribution is 5.82. The van der Waals surface area contributed by atoms with Crippen molar-refractivity contribution in [3.63, 3.8) is 0 Å². The van der Waals surface area contributed by atoms with E-state index in [1.807, 2.05) is 6.92 Å². The summed E-state index contributed by atoms with van der Waals surface area (Å²) < 4.78 is 0.